The van der Waals surface area contributed by atoms with E-state index in [9.17, 15) is 4.79 Å². The molecule has 6 heteroatoms. The number of aryl methyl sites for hydroxylation is 1. The quantitative estimate of drug-likeness (QED) is 0.912. The van der Waals surface area contributed by atoms with Crippen LogP contribution in [0.4, 0.5) is 4.79 Å². The molecule has 0 radical (unpaired) electrons. The number of pyridine rings is 1. The van der Waals surface area contributed by atoms with Gasteiger partial charge >= 0.3 is 6.03 Å². The summed E-state index contributed by atoms with van der Waals surface area (Å²) >= 11 is 1.59. The van der Waals surface area contributed by atoms with Gasteiger partial charge in [0.25, 0.3) is 0 Å². The second-order valence-corrected chi connectivity index (χ2v) is 6.74. The van der Waals surface area contributed by atoms with E-state index in [0.29, 0.717) is 0 Å². The average molecular weight is 304 g/mol. The zero-order valence-corrected chi connectivity index (χ0v) is 13.5. The van der Waals surface area contributed by atoms with Crippen LogP contribution in [0.1, 0.15) is 42.3 Å². The van der Waals surface area contributed by atoms with Gasteiger partial charge in [-0.25, -0.2) is 9.78 Å². The molecule has 2 N–H and O–H groups in total. The van der Waals surface area contributed by atoms with Gasteiger partial charge in [0.05, 0.1) is 11.6 Å². The van der Waals surface area contributed by atoms with Gasteiger partial charge in [0.1, 0.15) is 5.01 Å². The molecule has 0 saturated heterocycles. The van der Waals surface area contributed by atoms with E-state index in [-0.39, 0.29) is 12.1 Å². The number of carbonyl (C=O) groups excluding carboxylic acids is 1. The first-order chi connectivity index (χ1) is 9.88. The summed E-state index contributed by atoms with van der Waals surface area (Å²) in [6.07, 6.45) is 5.28. The van der Waals surface area contributed by atoms with Crippen molar-refractivity contribution in [2.24, 2.45) is 0 Å². The fraction of sp³-hybridized carbons (Fsp3) is 0.400. The van der Waals surface area contributed by atoms with E-state index in [1.165, 1.54) is 0 Å². The van der Waals surface area contributed by atoms with Gasteiger partial charge in [-0.05, 0) is 39.3 Å². The number of hydrogen-bond acceptors (Lipinski definition) is 4. The molecule has 0 spiro atoms. The van der Waals surface area contributed by atoms with Crippen molar-refractivity contribution in [2.45, 2.75) is 39.3 Å². The third-order valence-electron chi connectivity index (χ3n) is 3.11. The summed E-state index contributed by atoms with van der Waals surface area (Å²) in [5.41, 5.74) is 0.466. The summed E-state index contributed by atoms with van der Waals surface area (Å²) in [5.74, 6) is 0. The average Bonchev–Trinajstić information content (AvgIpc) is 2.86. The minimum Gasteiger partial charge on any atom is -0.332 e. The Labute approximate surface area is 128 Å². The number of thiazole rings is 1. The molecule has 5 nitrogen and oxygen atoms in total. The predicted octanol–water partition coefficient (Wildman–Crippen LogP) is 3.14. The lowest BCUT2D eigenvalue weighted by molar-refractivity contribution is 0.227. The van der Waals surface area contributed by atoms with Crippen LogP contribution in [0.3, 0.4) is 0 Å². The van der Waals surface area contributed by atoms with E-state index in [1.807, 2.05) is 46.0 Å². The molecular weight excluding hydrogens is 284 g/mol. The predicted molar refractivity (Wildman–Crippen MR) is 84.2 cm³/mol. The zero-order chi connectivity index (χ0) is 15.5. The summed E-state index contributed by atoms with van der Waals surface area (Å²) in [5, 5.41) is 6.77. The molecule has 0 bridgehead atoms. The van der Waals surface area contributed by atoms with E-state index in [4.69, 9.17) is 0 Å². The molecule has 2 aromatic heterocycles. The molecule has 0 saturated carbocycles. The van der Waals surface area contributed by atoms with Crippen molar-refractivity contribution < 1.29 is 4.79 Å². The highest BCUT2D eigenvalue weighted by Gasteiger charge is 2.26. The Morgan fingerprint density at radius 3 is 2.71 bits per heavy atom. The number of urea groups is 1. The normalized spacial score (nSPS) is 12.8. The molecule has 0 fully saturated rings. The molecule has 1 atom stereocenters. The number of rotatable bonds is 4. The molecule has 21 heavy (non-hydrogen) atoms. The Morgan fingerprint density at radius 2 is 2.14 bits per heavy atom. The van der Waals surface area contributed by atoms with Gasteiger partial charge in [-0.15, -0.1) is 11.3 Å². The first-order valence-corrected chi connectivity index (χ1v) is 7.61. The third kappa shape index (κ3) is 4.01. The third-order valence-corrected chi connectivity index (χ3v) is 4.35. The summed E-state index contributed by atoms with van der Waals surface area (Å²) < 4.78 is 0. The van der Waals surface area contributed by atoms with Gasteiger partial charge in [-0.3, -0.25) is 4.98 Å². The molecule has 0 aliphatic heterocycles. The van der Waals surface area contributed by atoms with Crippen molar-refractivity contribution in [3.63, 3.8) is 0 Å². The summed E-state index contributed by atoms with van der Waals surface area (Å²) in [6.45, 7) is 7.82. The smallest absolute Gasteiger partial charge is 0.316 e. The van der Waals surface area contributed by atoms with Crippen LogP contribution in [-0.4, -0.2) is 16.0 Å². The first-order valence-electron chi connectivity index (χ1n) is 6.80. The Bertz CT molecular complexity index is 609. The van der Waals surface area contributed by atoms with E-state index in [1.54, 1.807) is 23.7 Å². The molecule has 1 unspecified atom stereocenters. The maximum Gasteiger partial charge on any atom is 0.316 e. The second kappa shape index (κ2) is 6.22. The highest BCUT2D eigenvalue weighted by atomic mass is 32.1. The van der Waals surface area contributed by atoms with Crippen LogP contribution in [-0.2, 0) is 5.54 Å². The van der Waals surface area contributed by atoms with Gasteiger partial charge in [0.15, 0.2) is 0 Å². The molecule has 2 amide bonds. The summed E-state index contributed by atoms with van der Waals surface area (Å²) in [7, 11) is 0. The number of carbonyl (C=O) groups is 1. The van der Waals surface area contributed by atoms with Crippen molar-refractivity contribution >= 4 is 17.4 Å². The molecule has 2 aromatic rings. The lowest BCUT2D eigenvalue weighted by atomic mass is 10.1. The Morgan fingerprint density at radius 1 is 1.38 bits per heavy atom. The maximum atomic E-state index is 12.2. The number of aromatic nitrogens is 2. The Balaban J connectivity index is 1.98. The topological polar surface area (TPSA) is 66.9 Å². The van der Waals surface area contributed by atoms with Crippen LogP contribution in [0.15, 0.2) is 30.7 Å². The second-order valence-electron chi connectivity index (χ2n) is 5.51. The highest BCUT2D eigenvalue weighted by Crippen LogP contribution is 2.24. The van der Waals surface area contributed by atoms with Crippen LogP contribution >= 0.6 is 11.3 Å². The SMILES string of the molecule is Cc1cnc(C(C)(C)NC(=O)NC(C)c2cccnc2)s1. The summed E-state index contributed by atoms with van der Waals surface area (Å²) in [4.78, 5) is 21.7. The highest BCUT2D eigenvalue weighted by molar-refractivity contribution is 7.11. The van der Waals surface area contributed by atoms with Crippen LogP contribution in [0.5, 0.6) is 0 Å². The fourth-order valence-electron chi connectivity index (χ4n) is 1.93. The van der Waals surface area contributed by atoms with Crippen LogP contribution in [0, 0.1) is 6.92 Å². The molecule has 2 rings (SSSR count). The van der Waals surface area contributed by atoms with Crippen LogP contribution in [0.25, 0.3) is 0 Å². The zero-order valence-electron chi connectivity index (χ0n) is 12.7. The Kier molecular flexibility index (Phi) is 4.57. The Hall–Kier alpha value is -1.95. The van der Waals surface area contributed by atoms with Crippen molar-refractivity contribution in [2.75, 3.05) is 0 Å². The first kappa shape index (κ1) is 15.4. The molecule has 2 heterocycles. The van der Waals surface area contributed by atoms with Crippen molar-refractivity contribution in [1.82, 2.24) is 20.6 Å². The lowest BCUT2D eigenvalue weighted by Gasteiger charge is -2.25. The minimum atomic E-state index is -0.502. The van der Waals surface area contributed by atoms with Gasteiger partial charge in [-0.2, -0.15) is 0 Å². The summed E-state index contributed by atoms with van der Waals surface area (Å²) in [6, 6.07) is 3.47. The van der Waals surface area contributed by atoms with Gasteiger partial charge in [0.2, 0.25) is 0 Å². The van der Waals surface area contributed by atoms with Crippen molar-refractivity contribution in [3.8, 4) is 0 Å². The van der Waals surface area contributed by atoms with E-state index >= 15 is 0 Å². The number of amides is 2. The number of hydrogen-bond donors (Lipinski definition) is 2. The van der Waals surface area contributed by atoms with Crippen molar-refractivity contribution in [3.05, 3.63) is 46.2 Å². The van der Waals surface area contributed by atoms with Crippen molar-refractivity contribution in [1.29, 1.82) is 0 Å². The molecule has 0 aliphatic rings. The monoisotopic (exact) mass is 304 g/mol. The van der Waals surface area contributed by atoms with Gasteiger partial charge in [-0.1, -0.05) is 6.07 Å². The van der Waals surface area contributed by atoms with Crippen LogP contribution in [0.2, 0.25) is 0 Å². The number of nitrogens with zero attached hydrogens (tertiary/aromatic N) is 2. The number of nitrogens with one attached hydrogen (secondary N) is 2. The molecule has 112 valence electrons. The van der Waals surface area contributed by atoms with E-state index < -0.39 is 5.54 Å². The van der Waals surface area contributed by atoms with Crippen LogP contribution < -0.4 is 10.6 Å². The van der Waals surface area contributed by atoms with Gasteiger partial charge in [0, 0.05) is 23.5 Å². The van der Waals surface area contributed by atoms with E-state index in [2.05, 4.69) is 20.6 Å². The maximum absolute atomic E-state index is 12.2. The molecular formula is C15H20N4OS. The standard InChI is InChI=1S/C15H20N4OS/c1-10-8-17-13(21-10)15(3,4)19-14(20)18-11(2)12-6-5-7-16-9-12/h5-9,11H,1-4H3,(H2,18,19,20). The molecule has 0 aromatic carbocycles. The van der Waals surface area contributed by atoms with E-state index in [0.717, 1.165) is 15.4 Å². The minimum absolute atomic E-state index is 0.104. The largest absolute Gasteiger partial charge is 0.332 e. The lowest BCUT2D eigenvalue weighted by Crippen LogP contribution is -2.47. The fourth-order valence-corrected chi connectivity index (χ4v) is 2.75. The van der Waals surface area contributed by atoms with Gasteiger partial charge < -0.3 is 10.6 Å². The molecule has 0 aliphatic carbocycles.